The molecule has 1 fully saturated rings. The Bertz CT molecular complexity index is 997. The number of halogens is 2. The Morgan fingerprint density at radius 3 is 2.82 bits per heavy atom. The maximum Gasteiger partial charge on any atom is 0.319 e. The van der Waals surface area contributed by atoms with E-state index in [2.05, 4.69) is 25.2 Å². The van der Waals surface area contributed by atoms with Gasteiger partial charge in [0.25, 0.3) is 0 Å². The Kier molecular flexibility index (Phi) is 5.18. The second kappa shape index (κ2) is 7.92. The summed E-state index contributed by atoms with van der Waals surface area (Å²) >= 11 is 0. The summed E-state index contributed by atoms with van der Waals surface area (Å²) in [5, 5.41) is 5.09. The molecule has 6 nitrogen and oxygen atoms in total. The number of nitrogens with one attached hydrogen (secondary N) is 2. The third-order valence-corrected chi connectivity index (χ3v) is 5.03. The summed E-state index contributed by atoms with van der Waals surface area (Å²) in [5.41, 5.74) is 1.66. The van der Waals surface area contributed by atoms with Crippen molar-refractivity contribution in [2.45, 2.75) is 38.1 Å². The summed E-state index contributed by atoms with van der Waals surface area (Å²) in [4.78, 5) is 21.2. The molecule has 1 aromatic carbocycles. The van der Waals surface area contributed by atoms with Crippen LogP contribution in [0.25, 0.3) is 11.2 Å². The van der Waals surface area contributed by atoms with Crippen LogP contribution in [-0.4, -0.2) is 27.1 Å². The summed E-state index contributed by atoms with van der Waals surface area (Å²) in [6, 6.07) is 6.65. The van der Waals surface area contributed by atoms with Crippen molar-refractivity contribution in [2.75, 3.05) is 11.9 Å². The molecule has 1 aliphatic carbocycles. The second-order valence-corrected chi connectivity index (χ2v) is 6.94. The number of aromatic nitrogens is 3. The molecule has 3 aromatic rings. The van der Waals surface area contributed by atoms with E-state index < -0.39 is 17.7 Å². The van der Waals surface area contributed by atoms with Gasteiger partial charge in [0.15, 0.2) is 5.65 Å². The first-order chi connectivity index (χ1) is 13.6. The smallest absolute Gasteiger partial charge is 0.319 e. The molecule has 2 heterocycles. The van der Waals surface area contributed by atoms with E-state index in [1.807, 2.05) is 12.1 Å². The van der Waals surface area contributed by atoms with Crippen molar-refractivity contribution >= 4 is 22.9 Å². The summed E-state index contributed by atoms with van der Waals surface area (Å²) in [6.07, 6.45) is 6.90. The highest BCUT2D eigenvalue weighted by Crippen LogP contribution is 2.33. The van der Waals surface area contributed by atoms with Crippen molar-refractivity contribution < 1.29 is 13.6 Å². The predicted octanol–water partition coefficient (Wildman–Crippen LogP) is 4.19. The summed E-state index contributed by atoms with van der Waals surface area (Å²) < 4.78 is 28.8. The first-order valence-corrected chi connectivity index (χ1v) is 9.43. The fraction of sp³-hybridized carbons (Fsp3) is 0.350. The van der Waals surface area contributed by atoms with Crippen LogP contribution < -0.4 is 10.6 Å². The lowest BCUT2D eigenvalue weighted by atomic mass is 10.2. The quantitative estimate of drug-likeness (QED) is 0.692. The number of amides is 2. The normalized spacial score (nSPS) is 14.5. The molecular formula is C20H21F2N5O. The van der Waals surface area contributed by atoms with Gasteiger partial charge in [0.05, 0.1) is 5.69 Å². The molecular weight excluding hydrogens is 364 g/mol. The summed E-state index contributed by atoms with van der Waals surface area (Å²) in [5.74, 6) is -0.624. The van der Waals surface area contributed by atoms with Crippen molar-refractivity contribution in [1.29, 1.82) is 0 Å². The fourth-order valence-electron chi connectivity index (χ4n) is 3.74. The highest BCUT2D eigenvalue weighted by atomic mass is 19.1. The van der Waals surface area contributed by atoms with Crippen LogP contribution in [0.5, 0.6) is 0 Å². The lowest BCUT2D eigenvalue weighted by Gasteiger charge is -2.16. The third kappa shape index (κ3) is 3.81. The number of nitrogens with zero attached hydrogens (tertiary/aromatic N) is 3. The van der Waals surface area contributed by atoms with Crippen molar-refractivity contribution in [3.63, 3.8) is 0 Å². The first kappa shape index (κ1) is 18.3. The van der Waals surface area contributed by atoms with Crippen molar-refractivity contribution in [3.05, 3.63) is 54.0 Å². The van der Waals surface area contributed by atoms with E-state index in [4.69, 9.17) is 0 Å². The molecule has 0 radical (unpaired) electrons. The minimum Gasteiger partial charge on any atom is -0.337 e. The van der Waals surface area contributed by atoms with Crippen LogP contribution >= 0.6 is 0 Å². The zero-order valence-corrected chi connectivity index (χ0v) is 15.3. The lowest BCUT2D eigenvalue weighted by molar-refractivity contribution is 0.252. The number of urea groups is 1. The van der Waals surface area contributed by atoms with Crippen LogP contribution in [0.3, 0.4) is 0 Å². The van der Waals surface area contributed by atoms with E-state index in [0.29, 0.717) is 19.0 Å². The summed E-state index contributed by atoms with van der Waals surface area (Å²) in [7, 11) is 0. The lowest BCUT2D eigenvalue weighted by Crippen LogP contribution is -2.31. The Hall–Kier alpha value is -3.03. The Morgan fingerprint density at radius 1 is 1.21 bits per heavy atom. The topological polar surface area (TPSA) is 71.8 Å². The van der Waals surface area contributed by atoms with E-state index in [0.717, 1.165) is 42.0 Å². The highest BCUT2D eigenvalue weighted by Gasteiger charge is 2.23. The number of pyridine rings is 1. The van der Waals surface area contributed by atoms with Gasteiger partial charge in [-0.2, -0.15) is 0 Å². The molecule has 4 rings (SSSR count). The molecule has 0 spiro atoms. The molecule has 0 bridgehead atoms. The average Bonchev–Trinajstić information content (AvgIpc) is 3.31. The van der Waals surface area contributed by atoms with Gasteiger partial charge < -0.3 is 15.2 Å². The molecule has 0 atom stereocenters. The minimum absolute atomic E-state index is 0.0682. The molecule has 2 amide bonds. The van der Waals surface area contributed by atoms with Gasteiger partial charge >= 0.3 is 6.03 Å². The number of anilines is 1. The fourth-order valence-corrected chi connectivity index (χ4v) is 3.74. The van der Waals surface area contributed by atoms with Gasteiger partial charge in [-0.25, -0.2) is 23.5 Å². The maximum absolute atomic E-state index is 13.6. The Balaban J connectivity index is 1.42. The van der Waals surface area contributed by atoms with Crippen LogP contribution in [-0.2, 0) is 6.42 Å². The molecule has 8 heteroatoms. The van der Waals surface area contributed by atoms with Crippen molar-refractivity contribution in [2.24, 2.45) is 0 Å². The SMILES string of the molecule is O=C(NCCc1nc2cccnc2n1C1CCCC1)Nc1ccc(F)cc1F. The average molecular weight is 385 g/mol. The molecule has 2 N–H and O–H groups in total. The van der Waals surface area contributed by atoms with Gasteiger partial charge in [0.2, 0.25) is 0 Å². The standard InChI is InChI=1S/C20H21F2N5O/c21-13-7-8-16(15(22)12-13)26-20(28)24-11-9-18-25-17-6-3-10-23-19(17)27(18)14-4-1-2-5-14/h3,6-8,10,12,14H,1-2,4-5,9,11H2,(H2,24,26,28). The van der Waals surface area contributed by atoms with Gasteiger partial charge in [0, 0.05) is 31.3 Å². The van der Waals surface area contributed by atoms with E-state index >= 15 is 0 Å². The van der Waals surface area contributed by atoms with E-state index in [9.17, 15) is 13.6 Å². The van der Waals surface area contributed by atoms with Crippen LogP contribution in [0, 0.1) is 11.6 Å². The van der Waals surface area contributed by atoms with Gasteiger partial charge in [-0.1, -0.05) is 12.8 Å². The number of imidazole rings is 1. The molecule has 2 aromatic heterocycles. The van der Waals surface area contributed by atoms with E-state index in [-0.39, 0.29) is 5.69 Å². The predicted molar refractivity (Wildman–Crippen MR) is 102 cm³/mol. The molecule has 1 saturated carbocycles. The third-order valence-electron chi connectivity index (χ3n) is 5.03. The summed E-state index contributed by atoms with van der Waals surface area (Å²) in [6.45, 7) is 0.338. The van der Waals surface area contributed by atoms with Crippen LogP contribution in [0.4, 0.5) is 19.3 Å². The number of benzene rings is 1. The largest absolute Gasteiger partial charge is 0.337 e. The Morgan fingerprint density at radius 2 is 2.04 bits per heavy atom. The maximum atomic E-state index is 13.6. The molecule has 146 valence electrons. The molecule has 0 unspecified atom stereocenters. The van der Waals surface area contributed by atoms with Crippen LogP contribution in [0.1, 0.15) is 37.5 Å². The van der Waals surface area contributed by atoms with Gasteiger partial charge in [-0.15, -0.1) is 0 Å². The number of carbonyl (C=O) groups excluding carboxylic acids is 1. The molecule has 0 aliphatic heterocycles. The molecule has 1 aliphatic rings. The number of carbonyl (C=O) groups is 1. The number of rotatable bonds is 5. The molecule has 0 saturated heterocycles. The minimum atomic E-state index is -0.816. The Labute approximate surface area is 161 Å². The second-order valence-electron chi connectivity index (χ2n) is 6.94. The highest BCUT2D eigenvalue weighted by molar-refractivity contribution is 5.89. The number of fused-ring (bicyclic) bond motifs is 1. The van der Waals surface area contributed by atoms with Gasteiger partial charge in [-0.3, -0.25) is 0 Å². The number of hydrogen-bond acceptors (Lipinski definition) is 3. The zero-order valence-electron chi connectivity index (χ0n) is 15.3. The first-order valence-electron chi connectivity index (χ1n) is 9.43. The molecule has 28 heavy (non-hydrogen) atoms. The van der Waals surface area contributed by atoms with Gasteiger partial charge in [0.1, 0.15) is 23.0 Å². The van der Waals surface area contributed by atoms with Crippen LogP contribution in [0.15, 0.2) is 36.5 Å². The van der Waals surface area contributed by atoms with E-state index in [1.165, 1.54) is 18.9 Å². The van der Waals surface area contributed by atoms with E-state index in [1.54, 1.807) is 6.20 Å². The van der Waals surface area contributed by atoms with Crippen molar-refractivity contribution in [1.82, 2.24) is 19.9 Å². The van der Waals surface area contributed by atoms with Gasteiger partial charge in [-0.05, 0) is 37.1 Å². The van der Waals surface area contributed by atoms with Crippen molar-refractivity contribution in [3.8, 4) is 0 Å². The number of hydrogen-bond donors (Lipinski definition) is 2. The van der Waals surface area contributed by atoms with Crippen LogP contribution in [0.2, 0.25) is 0 Å². The zero-order chi connectivity index (χ0) is 19.5. The monoisotopic (exact) mass is 385 g/mol.